The average molecular weight is 291 g/mol. The van der Waals surface area contributed by atoms with Gasteiger partial charge in [0.1, 0.15) is 6.04 Å². The van der Waals surface area contributed by atoms with Gasteiger partial charge >= 0.3 is 0 Å². The van der Waals surface area contributed by atoms with E-state index in [0.29, 0.717) is 25.3 Å². The third kappa shape index (κ3) is 3.25. The zero-order valence-electron chi connectivity index (χ0n) is 12.1. The van der Waals surface area contributed by atoms with Gasteiger partial charge in [0.25, 0.3) is 0 Å². The number of amides is 2. The third-order valence-corrected chi connectivity index (χ3v) is 4.46. The van der Waals surface area contributed by atoms with Gasteiger partial charge in [-0.2, -0.15) is 0 Å². The minimum absolute atomic E-state index is 0.0177. The molecule has 1 aliphatic carbocycles. The fraction of sp³-hybridized carbons (Fsp3) is 0.667. The van der Waals surface area contributed by atoms with Crippen LogP contribution in [0.25, 0.3) is 0 Å². The average Bonchev–Trinajstić information content (AvgIpc) is 2.97. The molecule has 6 heteroatoms. The normalized spacial score (nSPS) is 24.8. The second-order valence-corrected chi connectivity index (χ2v) is 5.93. The Morgan fingerprint density at radius 1 is 1.29 bits per heavy atom. The maximum atomic E-state index is 12.8. The van der Waals surface area contributed by atoms with E-state index in [-0.39, 0.29) is 23.8 Å². The van der Waals surface area contributed by atoms with E-state index in [0.717, 1.165) is 25.7 Å². The van der Waals surface area contributed by atoms with Crippen LogP contribution in [0.15, 0.2) is 16.8 Å². The molecule has 1 aromatic heterocycles. The molecule has 0 spiro atoms. The minimum Gasteiger partial charge on any atom is -0.360 e. The van der Waals surface area contributed by atoms with Crippen molar-refractivity contribution in [1.29, 1.82) is 0 Å². The van der Waals surface area contributed by atoms with Crippen LogP contribution in [-0.4, -0.2) is 34.5 Å². The largest absolute Gasteiger partial charge is 0.360 e. The molecule has 3 rings (SSSR count). The highest BCUT2D eigenvalue weighted by Gasteiger charge is 2.36. The molecule has 2 aliphatic rings. The highest BCUT2D eigenvalue weighted by molar-refractivity contribution is 5.90. The van der Waals surface area contributed by atoms with Gasteiger partial charge in [0, 0.05) is 19.0 Å². The number of hydrogen-bond donors (Lipinski definition) is 1. The van der Waals surface area contributed by atoms with Crippen LogP contribution in [0.5, 0.6) is 0 Å². The molecule has 0 aromatic carbocycles. The van der Waals surface area contributed by atoms with E-state index in [4.69, 9.17) is 4.52 Å². The fourth-order valence-corrected chi connectivity index (χ4v) is 3.31. The lowest BCUT2D eigenvalue weighted by molar-refractivity contribution is -0.136. The van der Waals surface area contributed by atoms with Crippen LogP contribution in [0.4, 0.5) is 0 Å². The monoisotopic (exact) mass is 291 g/mol. The lowest BCUT2D eigenvalue weighted by Gasteiger charge is -2.31. The predicted molar refractivity (Wildman–Crippen MR) is 75.0 cm³/mol. The molecule has 1 N–H and O–H groups in total. The third-order valence-electron chi connectivity index (χ3n) is 4.46. The zero-order chi connectivity index (χ0) is 14.7. The van der Waals surface area contributed by atoms with Crippen LogP contribution >= 0.6 is 0 Å². The lowest BCUT2D eigenvalue weighted by atomic mass is 9.83. The number of hydrogen-bond acceptors (Lipinski definition) is 4. The summed E-state index contributed by atoms with van der Waals surface area (Å²) in [6.07, 6.45) is 7.48. The molecule has 1 saturated heterocycles. The number of rotatable bonds is 3. The summed E-state index contributed by atoms with van der Waals surface area (Å²) in [4.78, 5) is 26.4. The summed E-state index contributed by atoms with van der Waals surface area (Å²) in [5.41, 5.74) is 0. The zero-order valence-corrected chi connectivity index (χ0v) is 12.1. The molecule has 0 bridgehead atoms. The Hall–Kier alpha value is -1.85. The summed E-state index contributed by atoms with van der Waals surface area (Å²) in [5, 5.41) is 6.60. The van der Waals surface area contributed by atoms with Gasteiger partial charge in [0.15, 0.2) is 5.76 Å². The predicted octanol–water partition coefficient (Wildman–Crippen LogP) is 1.47. The van der Waals surface area contributed by atoms with Crippen molar-refractivity contribution < 1.29 is 14.1 Å². The van der Waals surface area contributed by atoms with Crippen LogP contribution < -0.4 is 5.32 Å². The highest BCUT2D eigenvalue weighted by atomic mass is 16.5. The van der Waals surface area contributed by atoms with E-state index < -0.39 is 0 Å². The van der Waals surface area contributed by atoms with E-state index in [2.05, 4.69) is 10.5 Å². The van der Waals surface area contributed by atoms with Crippen molar-refractivity contribution in [3.63, 3.8) is 0 Å². The summed E-state index contributed by atoms with van der Waals surface area (Å²) in [5.74, 6) is 0.911. The van der Waals surface area contributed by atoms with Crippen molar-refractivity contribution in [2.45, 2.75) is 51.1 Å². The van der Waals surface area contributed by atoms with E-state index >= 15 is 0 Å². The topological polar surface area (TPSA) is 75.4 Å². The number of nitrogens with zero attached hydrogens (tertiary/aromatic N) is 2. The standard InChI is InChI=1S/C15H21N3O3/c19-13-7-9-18(10-12-6-8-16-21-12)15(20)14(17-13)11-4-2-1-3-5-11/h6,8,11,14H,1-5,7,9-10H2,(H,17,19). The molecule has 1 aliphatic heterocycles. The molecule has 2 fully saturated rings. The Morgan fingerprint density at radius 3 is 2.81 bits per heavy atom. The Balaban J connectivity index is 1.74. The van der Waals surface area contributed by atoms with Gasteiger partial charge in [0.2, 0.25) is 11.8 Å². The highest BCUT2D eigenvalue weighted by Crippen LogP contribution is 2.28. The Bertz CT molecular complexity index is 494. The quantitative estimate of drug-likeness (QED) is 0.915. The van der Waals surface area contributed by atoms with Gasteiger partial charge in [0.05, 0.1) is 12.7 Å². The number of aromatic nitrogens is 1. The molecule has 2 heterocycles. The summed E-state index contributed by atoms with van der Waals surface area (Å²) < 4.78 is 5.08. The first-order valence-electron chi connectivity index (χ1n) is 7.72. The maximum Gasteiger partial charge on any atom is 0.245 e. The van der Waals surface area contributed by atoms with Crippen LogP contribution in [0.3, 0.4) is 0 Å². The first-order chi connectivity index (χ1) is 10.2. The van der Waals surface area contributed by atoms with Gasteiger partial charge < -0.3 is 14.7 Å². The fourth-order valence-electron chi connectivity index (χ4n) is 3.31. The van der Waals surface area contributed by atoms with Crippen molar-refractivity contribution >= 4 is 11.8 Å². The molecule has 6 nitrogen and oxygen atoms in total. The number of carbonyl (C=O) groups is 2. The van der Waals surface area contributed by atoms with Gasteiger partial charge in [-0.05, 0) is 18.8 Å². The molecule has 21 heavy (non-hydrogen) atoms. The molecule has 0 radical (unpaired) electrons. The molecule has 1 atom stereocenters. The summed E-state index contributed by atoms with van der Waals surface area (Å²) in [6.45, 7) is 0.825. The second-order valence-electron chi connectivity index (χ2n) is 5.93. The van der Waals surface area contributed by atoms with Crippen LogP contribution in [-0.2, 0) is 16.1 Å². The van der Waals surface area contributed by atoms with Gasteiger partial charge in [-0.3, -0.25) is 9.59 Å². The van der Waals surface area contributed by atoms with E-state index in [1.807, 2.05) is 0 Å². The van der Waals surface area contributed by atoms with Gasteiger partial charge in [-0.15, -0.1) is 0 Å². The van der Waals surface area contributed by atoms with Gasteiger partial charge in [-0.1, -0.05) is 24.4 Å². The van der Waals surface area contributed by atoms with Gasteiger partial charge in [-0.25, -0.2) is 0 Å². The maximum absolute atomic E-state index is 12.8. The van der Waals surface area contributed by atoms with Crippen molar-refractivity contribution in [3.8, 4) is 0 Å². The van der Waals surface area contributed by atoms with E-state index in [9.17, 15) is 9.59 Å². The van der Waals surface area contributed by atoms with Crippen LogP contribution in [0.2, 0.25) is 0 Å². The lowest BCUT2D eigenvalue weighted by Crippen LogP contribution is -2.49. The summed E-state index contributed by atoms with van der Waals surface area (Å²) in [6, 6.07) is 1.38. The van der Waals surface area contributed by atoms with Crippen molar-refractivity contribution in [2.24, 2.45) is 5.92 Å². The van der Waals surface area contributed by atoms with Crippen molar-refractivity contribution in [3.05, 3.63) is 18.0 Å². The summed E-state index contributed by atoms with van der Waals surface area (Å²) in [7, 11) is 0. The summed E-state index contributed by atoms with van der Waals surface area (Å²) >= 11 is 0. The van der Waals surface area contributed by atoms with E-state index in [1.165, 1.54) is 6.42 Å². The van der Waals surface area contributed by atoms with Crippen molar-refractivity contribution in [2.75, 3.05) is 6.54 Å². The first-order valence-corrected chi connectivity index (χ1v) is 7.72. The smallest absolute Gasteiger partial charge is 0.245 e. The van der Waals surface area contributed by atoms with E-state index in [1.54, 1.807) is 17.2 Å². The Labute approximate surface area is 123 Å². The molecule has 1 saturated carbocycles. The first kappa shape index (κ1) is 14.1. The van der Waals surface area contributed by atoms with Crippen molar-refractivity contribution in [1.82, 2.24) is 15.4 Å². The molecular weight excluding hydrogens is 270 g/mol. The molecule has 1 aromatic rings. The SMILES string of the molecule is O=C1CCN(Cc2ccno2)C(=O)C(C2CCCCC2)N1. The Kier molecular flexibility index (Phi) is 4.22. The number of carbonyl (C=O) groups excluding carboxylic acids is 2. The molecule has 1 unspecified atom stereocenters. The second kappa shape index (κ2) is 6.28. The molecule has 114 valence electrons. The van der Waals surface area contributed by atoms with Crippen LogP contribution in [0, 0.1) is 5.92 Å². The Morgan fingerprint density at radius 2 is 2.10 bits per heavy atom. The minimum atomic E-state index is -0.372. The molecule has 2 amide bonds. The number of nitrogens with one attached hydrogen (secondary N) is 1. The molecular formula is C15H21N3O3. The van der Waals surface area contributed by atoms with Crippen LogP contribution in [0.1, 0.15) is 44.3 Å².